The molecule has 4 fully saturated rings. The van der Waals surface area contributed by atoms with E-state index in [0.29, 0.717) is 50.1 Å². The summed E-state index contributed by atoms with van der Waals surface area (Å²) in [6, 6.07) is -0.190. The Hall–Kier alpha value is -2.08. The van der Waals surface area contributed by atoms with Crippen LogP contribution < -0.4 is 11.1 Å². The number of ether oxygens (including phenoxy) is 3. The zero-order valence-electron chi connectivity index (χ0n) is 33.4. The molecule has 5 aliphatic rings. The molecule has 1 aromatic heterocycles. The molecule has 11 nitrogen and oxygen atoms in total. The fraction of sp³-hybridized carbons (Fsp3) is 0.900. The van der Waals surface area contributed by atoms with Crippen LogP contribution in [0.2, 0.25) is 0 Å². The molecule has 0 amide bonds. The second-order valence-corrected chi connectivity index (χ2v) is 19.3. The number of hydrogen-bond donors (Lipinski definition) is 3. The van der Waals surface area contributed by atoms with E-state index in [4.69, 9.17) is 19.9 Å². The number of carboxylic acid groups (broad SMARTS) is 1. The zero-order valence-corrected chi connectivity index (χ0v) is 33.4. The smallest absolute Gasteiger partial charge is 0.307 e. The lowest BCUT2D eigenvalue weighted by molar-refractivity contribution is -0.254. The number of aromatic nitrogens is 4. The van der Waals surface area contributed by atoms with Crippen molar-refractivity contribution in [3.05, 3.63) is 11.6 Å². The van der Waals surface area contributed by atoms with Crippen LogP contribution in [0.4, 0.5) is 5.95 Å². The van der Waals surface area contributed by atoms with Gasteiger partial charge in [0.1, 0.15) is 6.04 Å². The van der Waals surface area contributed by atoms with Crippen molar-refractivity contribution in [2.24, 2.45) is 62.6 Å². The van der Waals surface area contributed by atoms with E-state index in [1.165, 1.54) is 5.57 Å². The number of fused-ring (bicyclic) bond motifs is 3. The van der Waals surface area contributed by atoms with Gasteiger partial charge < -0.3 is 30.4 Å². The van der Waals surface area contributed by atoms with Gasteiger partial charge >= 0.3 is 5.97 Å². The van der Waals surface area contributed by atoms with Crippen molar-refractivity contribution < 1.29 is 24.1 Å². The molecule has 1 saturated heterocycles. The van der Waals surface area contributed by atoms with Crippen LogP contribution in [0.5, 0.6) is 0 Å². The largest absolute Gasteiger partial charge is 0.481 e. The number of hydrogen-bond acceptors (Lipinski definition) is 9. The van der Waals surface area contributed by atoms with E-state index in [1.807, 2.05) is 0 Å². The normalized spacial score (nSPS) is 42.4. The molecular weight excluding hydrogens is 644 g/mol. The van der Waals surface area contributed by atoms with Crippen LogP contribution >= 0.6 is 0 Å². The predicted octanol–water partition coefficient (Wildman–Crippen LogP) is 6.42. The van der Waals surface area contributed by atoms with Crippen LogP contribution in [-0.2, 0) is 19.0 Å². The number of methoxy groups -OCH3 is 1. The highest BCUT2D eigenvalue weighted by Gasteiger charge is 2.72. The number of tetrazole rings is 1. The molecule has 3 saturated carbocycles. The van der Waals surface area contributed by atoms with E-state index >= 15 is 0 Å². The first-order valence-electron chi connectivity index (χ1n) is 19.8. The van der Waals surface area contributed by atoms with Gasteiger partial charge in [-0.25, -0.2) is 0 Å². The maximum absolute atomic E-state index is 13.5. The van der Waals surface area contributed by atoms with E-state index in [1.54, 1.807) is 11.9 Å². The molecule has 0 spiro atoms. The summed E-state index contributed by atoms with van der Waals surface area (Å²) in [7, 11) is 1.73. The average Bonchev–Trinajstić information content (AvgIpc) is 3.49. The Kier molecular flexibility index (Phi) is 10.1. The van der Waals surface area contributed by atoms with Crippen molar-refractivity contribution in [3.63, 3.8) is 0 Å². The number of allylic oxidation sites excluding steroid dienone is 1. The first kappa shape index (κ1) is 38.6. The Balaban J connectivity index is 1.41. The van der Waals surface area contributed by atoms with E-state index in [0.717, 1.165) is 45.1 Å². The number of carboxylic acids is 1. The third-order valence-electron chi connectivity index (χ3n) is 16.5. The van der Waals surface area contributed by atoms with E-state index in [9.17, 15) is 9.90 Å². The van der Waals surface area contributed by atoms with Gasteiger partial charge in [0.15, 0.2) is 0 Å². The lowest BCUT2D eigenvalue weighted by atomic mass is 9.34. The van der Waals surface area contributed by atoms with Gasteiger partial charge in [0.05, 0.1) is 38.4 Å². The molecule has 4 N–H and O–H groups in total. The van der Waals surface area contributed by atoms with Gasteiger partial charge in [-0.3, -0.25) is 4.79 Å². The number of nitrogens with two attached hydrogens (primary N) is 1. The third kappa shape index (κ3) is 5.72. The number of nitrogens with one attached hydrogen (secondary N) is 1. The summed E-state index contributed by atoms with van der Waals surface area (Å²) in [5, 5.41) is 28.1. The number of anilines is 1. The molecule has 288 valence electrons. The van der Waals surface area contributed by atoms with Crippen molar-refractivity contribution in [2.75, 3.05) is 45.8 Å². The highest BCUT2D eigenvalue weighted by Crippen LogP contribution is 2.75. The summed E-state index contributed by atoms with van der Waals surface area (Å²) < 4.78 is 19.3. The monoisotopic (exact) mass is 713 g/mol. The summed E-state index contributed by atoms with van der Waals surface area (Å²) in [6.45, 7) is 26.0. The van der Waals surface area contributed by atoms with E-state index in [-0.39, 0.29) is 56.6 Å². The van der Waals surface area contributed by atoms with Gasteiger partial charge in [-0.1, -0.05) is 79.1 Å². The Bertz CT molecular complexity index is 1480. The Morgan fingerprint density at radius 2 is 1.86 bits per heavy atom. The predicted molar refractivity (Wildman–Crippen MR) is 198 cm³/mol. The van der Waals surface area contributed by atoms with Gasteiger partial charge in [-0.05, 0) is 96.5 Å². The van der Waals surface area contributed by atoms with Gasteiger partial charge in [-0.15, -0.1) is 5.10 Å². The molecule has 11 heteroatoms. The van der Waals surface area contributed by atoms with Crippen molar-refractivity contribution in [1.82, 2.24) is 25.5 Å². The van der Waals surface area contributed by atoms with Crippen LogP contribution in [0.3, 0.4) is 0 Å². The minimum absolute atomic E-state index is 0.157. The number of nitrogens with zero attached hydrogens (tertiary/aromatic N) is 4. The molecule has 6 rings (SSSR count). The Labute approximate surface area is 306 Å². The van der Waals surface area contributed by atoms with Gasteiger partial charge in [0.2, 0.25) is 0 Å². The molecule has 1 aliphatic heterocycles. The molecule has 0 aromatic carbocycles. The standard InChI is InChI=1S/C40H68N6O5/c1-24(2)26(5)35(6)16-17-37(8)27-12-13-30-36(7)21-50-23-40(30,28(27)14-15-38(37,9)31(35)33(47)48)20-29(46-44-34(41)43-45-46)32(36)51-22-39(10,25(3)4)42-18-19-49-11/h14,24-27,29-32,42H,12-13,15-23H2,1-11H3,(H2,41,44)(H,47,48)/t26-,27+,29-,30+,31-,32+,35-,36-,37-,38+,39+,40+/m1/s1. The maximum Gasteiger partial charge on any atom is 0.307 e. The molecule has 12 atom stereocenters. The highest BCUT2D eigenvalue weighted by atomic mass is 16.5. The van der Waals surface area contributed by atoms with Gasteiger partial charge in [0, 0.05) is 30.0 Å². The number of carbonyl (C=O) groups is 1. The second kappa shape index (κ2) is 13.3. The Morgan fingerprint density at radius 3 is 2.47 bits per heavy atom. The van der Waals surface area contributed by atoms with Crippen molar-refractivity contribution in [2.45, 2.75) is 125 Å². The summed E-state index contributed by atoms with van der Waals surface area (Å²) in [5.74, 6) is 0.767. The number of rotatable bonds is 12. The topological polar surface area (TPSA) is 147 Å². The van der Waals surface area contributed by atoms with Gasteiger partial charge in [-0.2, -0.15) is 4.80 Å². The number of aliphatic carboxylic acids is 1. The zero-order chi connectivity index (χ0) is 37.4. The SMILES string of the molecule is COCCN[C@@](C)(CO[C@H]1[C@H](n2nnc(N)n2)C[C@@]23COC[C@]1(C)[C@@H]2CC[C@H]1C3=CC[C@@]2(C)[C@H](C(=O)O)[C@@](C)([C@H](C)C(C)C)CC[C@]12C)C(C)C. The molecule has 4 aliphatic carbocycles. The minimum Gasteiger partial charge on any atom is -0.481 e. The second-order valence-electron chi connectivity index (χ2n) is 19.3. The van der Waals surface area contributed by atoms with Gasteiger partial charge in [0.25, 0.3) is 5.95 Å². The van der Waals surface area contributed by atoms with Crippen LogP contribution in [0.1, 0.15) is 114 Å². The van der Waals surface area contributed by atoms with Crippen LogP contribution in [0.15, 0.2) is 11.6 Å². The summed E-state index contributed by atoms with van der Waals surface area (Å²) in [6.07, 6.45) is 7.86. The highest BCUT2D eigenvalue weighted by molar-refractivity contribution is 5.73. The fourth-order valence-electron chi connectivity index (χ4n) is 12.6. The Morgan fingerprint density at radius 1 is 1.14 bits per heavy atom. The first-order valence-corrected chi connectivity index (χ1v) is 19.8. The molecular formula is C40H68N6O5. The van der Waals surface area contributed by atoms with E-state index in [2.05, 4.69) is 96.0 Å². The maximum atomic E-state index is 13.5. The summed E-state index contributed by atoms with van der Waals surface area (Å²) in [5.41, 5.74) is 5.97. The van der Waals surface area contributed by atoms with Crippen LogP contribution in [0, 0.1) is 62.6 Å². The third-order valence-corrected chi connectivity index (χ3v) is 16.5. The lowest BCUT2D eigenvalue weighted by Crippen LogP contribution is -2.69. The van der Waals surface area contributed by atoms with Crippen molar-refractivity contribution >= 4 is 11.9 Å². The molecule has 0 radical (unpaired) electrons. The summed E-state index contributed by atoms with van der Waals surface area (Å²) in [4.78, 5) is 15.2. The quantitative estimate of drug-likeness (QED) is 0.164. The molecule has 2 bridgehead atoms. The average molecular weight is 713 g/mol. The van der Waals surface area contributed by atoms with Crippen molar-refractivity contribution in [3.8, 4) is 0 Å². The van der Waals surface area contributed by atoms with Crippen molar-refractivity contribution in [1.29, 1.82) is 0 Å². The molecule has 1 aromatic rings. The first-order chi connectivity index (χ1) is 23.8. The van der Waals surface area contributed by atoms with E-state index < -0.39 is 11.9 Å². The molecule has 2 heterocycles. The fourth-order valence-corrected chi connectivity index (χ4v) is 12.6. The molecule has 51 heavy (non-hydrogen) atoms. The lowest BCUT2D eigenvalue weighted by Gasteiger charge is -2.71. The van der Waals surface area contributed by atoms with Crippen LogP contribution in [0.25, 0.3) is 0 Å². The summed E-state index contributed by atoms with van der Waals surface area (Å²) >= 11 is 0. The number of nitrogen functional groups attached to an aromatic ring is 1. The van der Waals surface area contributed by atoms with Crippen LogP contribution in [-0.4, -0.2) is 83.0 Å². The molecule has 0 unspecified atom stereocenters. The minimum atomic E-state index is -0.631.